The van der Waals surface area contributed by atoms with E-state index in [1.54, 1.807) is 6.92 Å². The first-order chi connectivity index (χ1) is 6.99. The molecular weight excluding hydrogens is 206 g/mol. The summed E-state index contributed by atoms with van der Waals surface area (Å²) >= 11 is 0. The monoisotopic (exact) mass is 216 g/mol. The number of aryl methyl sites for hydroxylation is 1. The highest BCUT2D eigenvalue weighted by Crippen LogP contribution is 2.27. The van der Waals surface area contributed by atoms with Crippen molar-refractivity contribution in [2.24, 2.45) is 0 Å². The quantitative estimate of drug-likeness (QED) is 0.764. The lowest BCUT2D eigenvalue weighted by molar-refractivity contribution is 0.0588. The molecular formula is C9H10F2N2O2. The van der Waals surface area contributed by atoms with Gasteiger partial charge in [-0.25, -0.2) is 13.6 Å². The van der Waals surface area contributed by atoms with Crippen molar-refractivity contribution >= 4 is 11.7 Å². The Morgan fingerprint density at radius 1 is 1.60 bits per heavy atom. The highest BCUT2D eigenvalue weighted by Gasteiger charge is 2.24. The molecule has 0 aliphatic heterocycles. The molecule has 0 radical (unpaired) electrons. The Balaban J connectivity index is 3.41. The fraction of sp³-hybridized carbons (Fsp3) is 0.333. The molecule has 0 saturated heterocycles. The minimum absolute atomic E-state index is 0.0212. The number of nitrogen functional groups attached to an aromatic ring is 1. The molecule has 0 fully saturated rings. The van der Waals surface area contributed by atoms with Crippen LogP contribution >= 0.6 is 0 Å². The number of esters is 1. The van der Waals surface area contributed by atoms with Crippen LogP contribution in [0.15, 0.2) is 6.20 Å². The van der Waals surface area contributed by atoms with Crippen molar-refractivity contribution in [2.75, 3.05) is 12.8 Å². The van der Waals surface area contributed by atoms with Crippen LogP contribution in [0.3, 0.4) is 0 Å². The summed E-state index contributed by atoms with van der Waals surface area (Å²) in [5, 5.41) is 0. The predicted molar refractivity (Wildman–Crippen MR) is 49.7 cm³/mol. The van der Waals surface area contributed by atoms with E-state index in [1.807, 2.05) is 0 Å². The van der Waals surface area contributed by atoms with E-state index in [1.165, 1.54) is 6.20 Å². The van der Waals surface area contributed by atoms with Gasteiger partial charge in [0.15, 0.2) is 0 Å². The number of halogens is 2. The molecule has 0 bridgehead atoms. The minimum atomic E-state index is -2.86. The van der Waals surface area contributed by atoms with Crippen LogP contribution in [-0.2, 0) is 4.74 Å². The maximum absolute atomic E-state index is 12.5. The number of methoxy groups -OCH3 is 1. The van der Waals surface area contributed by atoms with Crippen molar-refractivity contribution < 1.29 is 18.3 Å². The van der Waals surface area contributed by atoms with Gasteiger partial charge in [-0.05, 0) is 12.5 Å². The SMILES string of the molecule is COC(=O)c1c(C(F)F)ncc(C)c1N. The van der Waals surface area contributed by atoms with Gasteiger partial charge >= 0.3 is 5.97 Å². The zero-order valence-corrected chi connectivity index (χ0v) is 8.25. The van der Waals surface area contributed by atoms with Gasteiger partial charge in [0.2, 0.25) is 0 Å². The summed E-state index contributed by atoms with van der Waals surface area (Å²) in [5.74, 6) is -0.904. The molecule has 4 nitrogen and oxygen atoms in total. The molecule has 82 valence electrons. The standard InChI is InChI=1S/C9H10F2N2O2/c1-4-3-13-7(8(10)11)5(6(4)12)9(14)15-2/h3,8H,1-2H3,(H2,12,13). The van der Waals surface area contributed by atoms with Gasteiger partial charge in [0, 0.05) is 6.20 Å². The maximum atomic E-state index is 12.5. The zero-order chi connectivity index (χ0) is 11.6. The van der Waals surface area contributed by atoms with Gasteiger partial charge in [-0.3, -0.25) is 4.98 Å². The van der Waals surface area contributed by atoms with Gasteiger partial charge in [-0.1, -0.05) is 0 Å². The Morgan fingerprint density at radius 2 is 2.20 bits per heavy atom. The van der Waals surface area contributed by atoms with Crippen LogP contribution < -0.4 is 5.73 Å². The molecule has 0 aromatic carbocycles. The van der Waals surface area contributed by atoms with E-state index in [0.29, 0.717) is 5.56 Å². The smallest absolute Gasteiger partial charge is 0.342 e. The second-order valence-corrected chi connectivity index (χ2v) is 2.91. The lowest BCUT2D eigenvalue weighted by Gasteiger charge is -2.10. The number of hydrogen-bond acceptors (Lipinski definition) is 4. The van der Waals surface area contributed by atoms with Gasteiger partial charge in [0.05, 0.1) is 12.8 Å². The van der Waals surface area contributed by atoms with Crippen LogP contribution in [0.5, 0.6) is 0 Å². The topological polar surface area (TPSA) is 65.2 Å². The molecule has 0 atom stereocenters. The number of ether oxygens (including phenoxy) is 1. The Labute approximate surface area is 85.1 Å². The predicted octanol–water partition coefficient (Wildman–Crippen LogP) is 1.70. The third kappa shape index (κ3) is 2.03. The fourth-order valence-electron chi connectivity index (χ4n) is 1.12. The van der Waals surface area contributed by atoms with Crippen molar-refractivity contribution in [2.45, 2.75) is 13.3 Å². The van der Waals surface area contributed by atoms with Crippen LogP contribution in [0.4, 0.5) is 14.5 Å². The molecule has 0 aliphatic carbocycles. The molecule has 0 aliphatic rings. The Morgan fingerprint density at radius 3 is 2.67 bits per heavy atom. The van der Waals surface area contributed by atoms with E-state index < -0.39 is 18.1 Å². The van der Waals surface area contributed by atoms with Gasteiger partial charge < -0.3 is 10.5 Å². The molecule has 2 N–H and O–H groups in total. The van der Waals surface area contributed by atoms with E-state index in [9.17, 15) is 13.6 Å². The molecule has 0 amide bonds. The van der Waals surface area contributed by atoms with Crippen molar-refractivity contribution in [1.29, 1.82) is 0 Å². The van der Waals surface area contributed by atoms with E-state index in [0.717, 1.165) is 7.11 Å². The second-order valence-electron chi connectivity index (χ2n) is 2.91. The highest BCUT2D eigenvalue weighted by molar-refractivity contribution is 5.96. The number of alkyl halides is 2. The summed E-state index contributed by atoms with van der Waals surface area (Å²) in [6, 6.07) is 0. The average molecular weight is 216 g/mol. The van der Waals surface area contributed by atoms with Gasteiger partial charge in [0.1, 0.15) is 11.3 Å². The molecule has 0 spiro atoms. The highest BCUT2D eigenvalue weighted by atomic mass is 19.3. The lowest BCUT2D eigenvalue weighted by Crippen LogP contribution is -2.12. The molecule has 1 aromatic rings. The van der Waals surface area contributed by atoms with Crippen molar-refractivity contribution in [1.82, 2.24) is 4.98 Å². The second kappa shape index (κ2) is 4.20. The molecule has 1 rings (SSSR count). The van der Waals surface area contributed by atoms with E-state index >= 15 is 0 Å². The Bertz CT molecular complexity index is 394. The summed E-state index contributed by atoms with van der Waals surface area (Å²) in [4.78, 5) is 14.7. The van der Waals surface area contributed by atoms with Crippen molar-refractivity contribution in [3.63, 3.8) is 0 Å². The average Bonchev–Trinajstić information content (AvgIpc) is 2.20. The number of anilines is 1. The number of aromatic nitrogens is 1. The first-order valence-electron chi connectivity index (χ1n) is 4.10. The van der Waals surface area contributed by atoms with Crippen LogP contribution in [0.1, 0.15) is 28.0 Å². The van der Waals surface area contributed by atoms with Crippen LogP contribution in [-0.4, -0.2) is 18.1 Å². The zero-order valence-electron chi connectivity index (χ0n) is 8.25. The molecule has 1 heterocycles. The molecule has 6 heteroatoms. The summed E-state index contributed by atoms with van der Waals surface area (Å²) in [5.41, 5.74) is 4.96. The normalized spacial score (nSPS) is 10.5. The number of carbonyl (C=O) groups is 1. The van der Waals surface area contributed by atoms with E-state index in [4.69, 9.17) is 5.73 Å². The number of rotatable bonds is 2. The first-order valence-corrected chi connectivity index (χ1v) is 4.10. The minimum Gasteiger partial charge on any atom is -0.465 e. The number of nitrogens with two attached hydrogens (primary N) is 1. The van der Waals surface area contributed by atoms with E-state index in [-0.39, 0.29) is 11.3 Å². The van der Waals surface area contributed by atoms with E-state index in [2.05, 4.69) is 9.72 Å². The van der Waals surface area contributed by atoms with Crippen LogP contribution in [0.2, 0.25) is 0 Å². The third-order valence-corrected chi connectivity index (χ3v) is 1.94. The third-order valence-electron chi connectivity index (χ3n) is 1.94. The molecule has 1 aromatic heterocycles. The fourth-order valence-corrected chi connectivity index (χ4v) is 1.12. The summed E-state index contributed by atoms with van der Waals surface area (Å²) in [7, 11) is 1.10. The summed E-state index contributed by atoms with van der Waals surface area (Å²) in [6.45, 7) is 1.57. The van der Waals surface area contributed by atoms with Crippen LogP contribution in [0.25, 0.3) is 0 Å². The first kappa shape index (κ1) is 11.4. The van der Waals surface area contributed by atoms with Crippen molar-refractivity contribution in [3.05, 3.63) is 23.0 Å². The maximum Gasteiger partial charge on any atom is 0.342 e. The number of carbonyl (C=O) groups excluding carboxylic acids is 1. The van der Waals surface area contributed by atoms with Crippen molar-refractivity contribution in [3.8, 4) is 0 Å². The molecule has 15 heavy (non-hydrogen) atoms. The Kier molecular flexibility index (Phi) is 3.18. The molecule has 0 unspecified atom stereocenters. The number of nitrogens with zero attached hydrogens (tertiary/aromatic N) is 1. The van der Waals surface area contributed by atoms with Gasteiger partial charge in [0.25, 0.3) is 6.43 Å². The van der Waals surface area contributed by atoms with Gasteiger partial charge in [-0.15, -0.1) is 0 Å². The number of hydrogen-bond donors (Lipinski definition) is 1. The van der Waals surface area contributed by atoms with Crippen LogP contribution in [0, 0.1) is 6.92 Å². The lowest BCUT2D eigenvalue weighted by atomic mass is 10.1. The van der Waals surface area contributed by atoms with Gasteiger partial charge in [-0.2, -0.15) is 0 Å². The Hall–Kier alpha value is -1.72. The number of pyridine rings is 1. The largest absolute Gasteiger partial charge is 0.465 e. The summed E-state index contributed by atoms with van der Waals surface area (Å²) in [6.07, 6.45) is -1.66. The summed E-state index contributed by atoms with van der Waals surface area (Å²) < 4.78 is 29.4. The molecule has 0 saturated carbocycles.